The molecule has 0 aliphatic carbocycles. The van der Waals surface area contributed by atoms with Gasteiger partial charge in [0.05, 0.1) is 6.07 Å². The summed E-state index contributed by atoms with van der Waals surface area (Å²) in [5.74, 6) is 0. The van der Waals surface area contributed by atoms with Gasteiger partial charge in [0, 0.05) is 29.4 Å². The first-order chi connectivity index (χ1) is 8.59. The lowest BCUT2D eigenvalue weighted by Crippen LogP contribution is -2.44. The molecule has 1 N–H and O–H groups in total. The van der Waals surface area contributed by atoms with Gasteiger partial charge in [0.1, 0.15) is 5.54 Å². The second-order valence-corrected chi connectivity index (χ2v) is 4.56. The average molecular weight is 264 g/mol. The van der Waals surface area contributed by atoms with Crippen LogP contribution in [0.2, 0.25) is 5.02 Å². The minimum atomic E-state index is -0.682. The van der Waals surface area contributed by atoms with Gasteiger partial charge < -0.3 is 0 Å². The summed E-state index contributed by atoms with van der Waals surface area (Å²) in [6, 6.07) is 9.63. The summed E-state index contributed by atoms with van der Waals surface area (Å²) in [7, 11) is 0. The number of nitriles is 1. The third-order valence-electron chi connectivity index (χ3n) is 2.51. The highest BCUT2D eigenvalue weighted by Gasteiger charge is 2.22. The van der Waals surface area contributed by atoms with Crippen LogP contribution in [-0.4, -0.2) is 18.6 Å². The van der Waals surface area contributed by atoms with Gasteiger partial charge in [-0.3, -0.25) is 5.32 Å². The highest BCUT2D eigenvalue weighted by atomic mass is 35.5. The standard InChI is InChI=1S/C12H14ClN5/c1-12(9-14,16-6-7-17-18-15)8-10-2-4-11(13)5-3-10/h2-5,16H,6-8H2,1H3. The molecule has 0 fully saturated rings. The van der Waals surface area contributed by atoms with Gasteiger partial charge in [0.25, 0.3) is 0 Å². The minimum absolute atomic E-state index is 0.328. The monoisotopic (exact) mass is 263 g/mol. The van der Waals surface area contributed by atoms with E-state index < -0.39 is 5.54 Å². The van der Waals surface area contributed by atoms with Crippen LogP contribution in [0.3, 0.4) is 0 Å². The molecule has 1 aromatic carbocycles. The predicted molar refractivity (Wildman–Crippen MR) is 71.2 cm³/mol. The molecule has 0 heterocycles. The Hall–Kier alpha value is -1.73. The van der Waals surface area contributed by atoms with E-state index in [4.69, 9.17) is 17.1 Å². The smallest absolute Gasteiger partial charge is 0.107 e. The molecule has 0 spiro atoms. The van der Waals surface area contributed by atoms with Crippen LogP contribution in [0.1, 0.15) is 12.5 Å². The fraction of sp³-hybridized carbons (Fsp3) is 0.417. The zero-order valence-corrected chi connectivity index (χ0v) is 10.9. The summed E-state index contributed by atoms with van der Waals surface area (Å²) >= 11 is 5.81. The molecule has 5 nitrogen and oxygen atoms in total. The van der Waals surface area contributed by atoms with Crippen LogP contribution in [0.25, 0.3) is 10.4 Å². The van der Waals surface area contributed by atoms with Crippen molar-refractivity contribution in [1.29, 1.82) is 5.26 Å². The zero-order valence-electron chi connectivity index (χ0n) is 10.1. The van der Waals surface area contributed by atoms with E-state index >= 15 is 0 Å². The second kappa shape index (κ2) is 6.87. The molecule has 0 radical (unpaired) electrons. The van der Waals surface area contributed by atoms with Crippen molar-refractivity contribution in [2.45, 2.75) is 18.9 Å². The van der Waals surface area contributed by atoms with Gasteiger partial charge in [0.2, 0.25) is 0 Å². The molecule has 0 aromatic heterocycles. The van der Waals surface area contributed by atoms with Gasteiger partial charge in [-0.05, 0) is 30.2 Å². The molecule has 0 bridgehead atoms. The van der Waals surface area contributed by atoms with Gasteiger partial charge in [-0.15, -0.1) is 0 Å². The molecule has 18 heavy (non-hydrogen) atoms. The Balaban J connectivity index is 2.62. The topological polar surface area (TPSA) is 84.6 Å². The van der Waals surface area contributed by atoms with Crippen LogP contribution >= 0.6 is 11.6 Å². The third kappa shape index (κ3) is 4.64. The molecular weight excluding hydrogens is 250 g/mol. The first-order valence-corrected chi connectivity index (χ1v) is 5.89. The molecule has 0 saturated heterocycles. The van der Waals surface area contributed by atoms with Crippen molar-refractivity contribution < 1.29 is 0 Å². The van der Waals surface area contributed by atoms with Gasteiger partial charge in [-0.1, -0.05) is 28.8 Å². The van der Waals surface area contributed by atoms with Crippen LogP contribution in [0.4, 0.5) is 0 Å². The third-order valence-corrected chi connectivity index (χ3v) is 2.76. The molecule has 94 valence electrons. The summed E-state index contributed by atoms with van der Waals surface area (Å²) < 4.78 is 0. The molecule has 0 saturated carbocycles. The molecule has 0 amide bonds. The quantitative estimate of drug-likeness (QED) is 0.370. The van der Waals surface area contributed by atoms with Crippen molar-refractivity contribution in [3.8, 4) is 6.07 Å². The Morgan fingerprint density at radius 2 is 2.17 bits per heavy atom. The Bertz CT molecular complexity index is 472. The van der Waals surface area contributed by atoms with E-state index in [1.165, 1.54) is 0 Å². The zero-order chi connectivity index (χ0) is 13.4. The van der Waals surface area contributed by atoms with E-state index in [-0.39, 0.29) is 0 Å². The van der Waals surface area contributed by atoms with Crippen molar-refractivity contribution in [2.24, 2.45) is 5.11 Å². The maximum atomic E-state index is 9.22. The maximum absolute atomic E-state index is 9.22. The van der Waals surface area contributed by atoms with Gasteiger partial charge in [-0.25, -0.2) is 0 Å². The second-order valence-electron chi connectivity index (χ2n) is 4.13. The summed E-state index contributed by atoms with van der Waals surface area (Å²) in [6.45, 7) is 2.62. The van der Waals surface area contributed by atoms with E-state index in [9.17, 15) is 5.26 Å². The van der Waals surface area contributed by atoms with Crippen LogP contribution in [0, 0.1) is 11.3 Å². The molecule has 1 atom stereocenters. The summed E-state index contributed by atoms with van der Waals surface area (Å²) in [5.41, 5.74) is 8.51. The van der Waals surface area contributed by atoms with E-state index in [1.807, 2.05) is 19.1 Å². The number of benzene rings is 1. The molecule has 1 aromatic rings. The van der Waals surface area contributed by atoms with Crippen LogP contribution in [0.5, 0.6) is 0 Å². The number of hydrogen-bond donors (Lipinski definition) is 1. The van der Waals surface area contributed by atoms with Crippen LogP contribution in [0.15, 0.2) is 29.4 Å². The lowest BCUT2D eigenvalue weighted by atomic mass is 9.94. The predicted octanol–water partition coefficient (Wildman–Crippen LogP) is 3.06. The summed E-state index contributed by atoms with van der Waals surface area (Å²) in [4.78, 5) is 2.66. The molecule has 1 unspecified atom stereocenters. The van der Waals surface area contributed by atoms with Gasteiger partial charge in [0.15, 0.2) is 0 Å². The SMILES string of the molecule is CC(C#N)(Cc1ccc(Cl)cc1)NCCN=[N+]=[N-]. The molecule has 1 rings (SSSR count). The van der Waals surface area contributed by atoms with Gasteiger partial charge >= 0.3 is 0 Å². The lowest BCUT2D eigenvalue weighted by molar-refractivity contribution is 0.451. The minimum Gasteiger partial charge on any atom is -0.299 e. The van der Waals surface area contributed by atoms with E-state index in [0.717, 1.165) is 5.56 Å². The molecule has 0 aliphatic rings. The van der Waals surface area contributed by atoms with Gasteiger partial charge in [-0.2, -0.15) is 5.26 Å². The molecule has 6 heteroatoms. The van der Waals surface area contributed by atoms with Crippen molar-refractivity contribution in [2.75, 3.05) is 13.1 Å². The van der Waals surface area contributed by atoms with Crippen molar-refractivity contribution in [1.82, 2.24) is 5.32 Å². The van der Waals surface area contributed by atoms with Crippen molar-refractivity contribution in [3.05, 3.63) is 45.3 Å². The number of nitrogens with one attached hydrogen (secondary N) is 1. The van der Waals surface area contributed by atoms with E-state index in [2.05, 4.69) is 21.4 Å². The van der Waals surface area contributed by atoms with E-state index in [0.29, 0.717) is 24.5 Å². The number of azide groups is 1. The largest absolute Gasteiger partial charge is 0.299 e. The van der Waals surface area contributed by atoms with E-state index in [1.54, 1.807) is 12.1 Å². The maximum Gasteiger partial charge on any atom is 0.107 e. The fourth-order valence-electron chi connectivity index (χ4n) is 1.58. The Kier molecular flexibility index (Phi) is 5.47. The normalized spacial score (nSPS) is 13.2. The van der Waals surface area contributed by atoms with Crippen molar-refractivity contribution >= 4 is 11.6 Å². The number of rotatable bonds is 6. The highest BCUT2D eigenvalue weighted by molar-refractivity contribution is 6.30. The van der Waals surface area contributed by atoms with Crippen LogP contribution in [-0.2, 0) is 6.42 Å². The van der Waals surface area contributed by atoms with Crippen LogP contribution < -0.4 is 5.32 Å². The summed E-state index contributed by atoms with van der Waals surface area (Å²) in [5, 5.41) is 16.4. The first-order valence-electron chi connectivity index (χ1n) is 5.51. The molecule has 0 aliphatic heterocycles. The Labute approximate surface area is 111 Å². The molecular formula is C12H14ClN5. The number of nitrogens with zero attached hydrogens (tertiary/aromatic N) is 4. The average Bonchev–Trinajstić information content (AvgIpc) is 2.38. The fourth-order valence-corrected chi connectivity index (χ4v) is 1.70. The lowest BCUT2D eigenvalue weighted by Gasteiger charge is -2.23. The van der Waals surface area contributed by atoms with Crippen molar-refractivity contribution in [3.63, 3.8) is 0 Å². The highest BCUT2D eigenvalue weighted by Crippen LogP contribution is 2.15. The Morgan fingerprint density at radius 1 is 1.50 bits per heavy atom. The Morgan fingerprint density at radius 3 is 2.72 bits per heavy atom. The number of halogens is 1. The first kappa shape index (κ1) is 14.3. The number of hydrogen-bond acceptors (Lipinski definition) is 3. The summed E-state index contributed by atoms with van der Waals surface area (Å²) in [6.07, 6.45) is 0.566.